The van der Waals surface area contributed by atoms with E-state index in [1.54, 1.807) is 6.92 Å². The smallest absolute Gasteiger partial charge is 0.347 e. The molecule has 158 valence electrons. The Labute approximate surface area is 172 Å². The highest BCUT2D eigenvalue weighted by molar-refractivity contribution is 7.54. The van der Waals surface area contributed by atoms with Gasteiger partial charge in [-0.2, -0.15) is 0 Å². The van der Waals surface area contributed by atoms with Gasteiger partial charge < -0.3 is 14.2 Å². The Morgan fingerprint density at radius 1 is 0.931 bits per heavy atom. The number of nitrogens with one attached hydrogen (secondary N) is 1. The first-order valence-corrected chi connectivity index (χ1v) is 11.4. The minimum Gasteiger partial charge on any atom is -0.480 e. The summed E-state index contributed by atoms with van der Waals surface area (Å²) >= 11 is 0. The third-order valence-electron chi connectivity index (χ3n) is 4.43. The molecule has 0 saturated carbocycles. The molecule has 0 aliphatic heterocycles. The Morgan fingerprint density at radius 2 is 1.38 bits per heavy atom. The predicted molar refractivity (Wildman–Crippen MR) is 114 cm³/mol. The van der Waals surface area contributed by atoms with Gasteiger partial charge in [-0.1, -0.05) is 74.5 Å². The molecule has 0 aliphatic rings. The van der Waals surface area contributed by atoms with Gasteiger partial charge in [0.15, 0.2) is 0 Å². The molecule has 0 aliphatic carbocycles. The van der Waals surface area contributed by atoms with Crippen LogP contribution in [0.2, 0.25) is 0 Å². The van der Waals surface area contributed by atoms with Crippen molar-refractivity contribution in [1.82, 2.24) is 5.32 Å². The first-order chi connectivity index (χ1) is 13.8. The van der Waals surface area contributed by atoms with Crippen LogP contribution in [0.3, 0.4) is 0 Å². The Kier molecular flexibility index (Phi) is 9.05. The number of hydrogen-bond donors (Lipinski definition) is 2. The summed E-state index contributed by atoms with van der Waals surface area (Å²) in [5, 5.41) is 12.5. The van der Waals surface area contributed by atoms with E-state index in [0.717, 1.165) is 11.1 Å². The summed E-state index contributed by atoms with van der Waals surface area (Å²) in [6.07, 6.45) is 0.414. The first kappa shape index (κ1) is 23.3. The quantitative estimate of drug-likeness (QED) is 0.469. The zero-order chi connectivity index (χ0) is 21.3. The lowest BCUT2D eigenvalue weighted by Crippen LogP contribution is -2.43. The summed E-state index contributed by atoms with van der Waals surface area (Å²) in [4.78, 5) is 11.6. The van der Waals surface area contributed by atoms with Crippen LogP contribution in [0.5, 0.6) is 0 Å². The first-order valence-electron chi connectivity index (χ1n) is 9.75. The Morgan fingerprint density at radius 3 is 1.76 bits per heavy atom. The zero-order valence-corrected chi connectivity index (χ0v) is 18.0. The molecule has 0 aromatic heterocycles. The molecule has 2 aromatic rings. The highest BCUT2D eigenvalue weighted by Gasteiger charge is 2.36. The Balaban J connectivity index is 2.14. The van der Waals surface area contributed by atoms with Crippen molar-refractivity contribution in [2.75, 3.05) is 0 Å². The van der Waals surface area contributed by atoms with E-state index in [1.807, 2.05) is 74.5 Å². The van der Waals surface area contributed by atoms with Crippen molar-refractivity contribution in [3.8, 4) is 0 Å². The standard InChI is InChI=1S/C22H30NO5P/c1-17(2)14-21(22(24)25)23-18(3)29(26,27-15-19-10-6-4-7-11-19)28-16-20-12-8-5-9-13-20/h4-13,17-18,21,23H,14-16H2,1-3H3,(H,24,25)/t18-,21?/m0/s1. The summed E-state index contributed by atoms with van der Waals surface area (Å²) in [5.74, 6) is -1.59. The summed E-state index contributed by atoms with van der Waals surface area (Å²) in [7, 11) is -3.65. The predicted octanol–water partition coefficient (Wildman–Crippen LogP) is 5.05. The van der Waals surface area contributed by atoms with E-state index in [9.17, 15) is 14.5 Å². The van der Waals surface area contributed by atoms with Gasteiger partial charge in [0.05, 0.1) is 13.2 Å². The summed E-state index contributed by atoms with van der Waals surface area (Å²) in [5.41, 5.74) is 1.72. The molecule has 2 N–H and O–H groups in total. The highest BCUT2D eigenvalue weighted by Crippen LogP contribution is 2.53. The molecule has 0 heterocycles. The Hall–Kier alpha value is -1.98. The number of rotatable bonds is 12. The van der Waals surface area contributed by atoms with E-state index >= 15 is 0 Å². The second-order valence-electron chi connectivity index (χ2n) is 7.42. The third-order valence-corrected chi connectivity index (χ3v) is 6.51. The fourth-order valence-corrected chi connectivity index (χ4v) is 4.37. The summed E-state index contributed by atoms with van der Waals surface area (Å²) in [6, 6.07) is 17.9. The van der Waals surface area contributed by atoms with Crippen LogP contribution in [0.25, 0.3) is 0 Å². The van der Waals surface area contributed by atoms with Gasteiger partial charge >= 0.3 is 13.6 Å². The molecule has 0 radical (unpaired) electrons. The van der Waals surface area contributed by atoms with Crippen LogP contribution in [-0.2, 0) is 31.6 Å². The van der Waals surface area contributed by atoms with E-state index in [1.165, 1.54) is 0 Å². The molecule has 2 rings (SSSR count). The second-order valence-corrected chi connectivity index (χ2v) is 9.79. The molecular weight excluding hydrogens is 389 g/mol. The molecule has 0 saturated heterocycles. The van der Waals surface area contributed by atoms with Gasteiger partial charge in [-0.25, -0.2) is 0 Å². The van der Waals surface area contributed by atoms with Crippen molar-refractivity contribution in [1.29, 1.82) is 0 Å². The largest absolute Gasteiger partial charge is 0.480 e. The highest BCUT2D eigenvalue weighted by atomic mass is 31.2. The van der Waals surface area contributed by atoms with Gasteiger partial charge in [0, 0.05) is 0 Å². The molecule has 2 aromatic carbocycles. The van der Waals surface area contributed by atoms with Gasteiger partial charge in [0.1, 0.15) is 11.8 Å². The van der Waals surface area contributed by atoms with Gasteiger partial charge in [-0.15, -0.1) is 0 Å². The number of carbonyl (C=O) groups is 1. The van der Waals surface area contributed by atoms with Crippen LogP contribution in [0, 0.1) is 5.92 Å². The molecule has 0 bridgehead atoms. The van der Waals surface area contributed by atoms with Crippen molar-refractivity contribution in [2.24, 2.45) is 5.92 Å². The van der Waals surface area contributed by atoms with Crippen LogP contribution in [0.1, 0.15) is 38.3 Å². The lowest BCUT2D eigenvalue weighted by atomic mass is 10.0. The van der Waals surface area contributed by atoms with E-state index in [0.29, 0.717) is 6.42 Å². The maximum atomic E-state index is 13.6. The third kappa shape index (κ3) is 7.75. The van der Waals surface area contributed by atoms with Gasteiger partial charge in [-0.3, -0.25) is 14.7 Å². The molecular formula is C22H30NO5P. The number of carboxylic acid groups (broad SMARTS) is 1. The average Bonchev–Trinajstić information content (AvgIpc) is 2.71. The van der Waals surface area contributed by atoms with Crippen molar-refractivity contribution >= 4 is 13.6 Å². The normalized spacial score (nSPS) is 13.9. The van der Waals surface area contributed by atoms with Crippen molar-refractivity contribution in [2.45, 2.75) is 52.2 Å². The van der Waals surface area contributed by atoms with Crippen LogP contribution in [0.15, 0.2) is 60.7 Å². The number of benzene rings is 2. The fraction of sp³-hybridized carbons (Fsp3) is 0.409. The number of carboxylic acids is 1. The van der Waals surface area contributed by atoms with Crippen molar-refractivity contribution < 1.29 is 23.5 Å². The van der Waals surface area contributed by atoms with Crippen LogP contribution < -0.4 is 5.32 Å². The molecule has 7 heteroatoms. The molecule has 0 amide bonds. The van der Waals surface area contributed by atoms with Gasteiger partial charge in [-0.05, 0) is 30.4 Å². The lowest BCUT2D eigenvalue weighted by molar-refractivity contribution is -0.140. The fourth-order valence-electron chi connectivity index (χ4n) is 2.83. The summed E-state index contributed by atoms with van der Waals surface area (Å²) < 4.78 is 25.1. The monoisotopic (exact) mass is 419 g/mol. The minimum absolute atomic E-state index is 0.112. The van der Waals surface area contributed by atoms with Crippen molar-refractivity contribution in [3.63, 3.8) is 0 Å². The second kappa shape index (κ2) is 11.3. The van der Waals surface area contributed by atoms with Crippen LogP contribution >= 0.6 is 7.60 Å². The lowest BCUT2D eigenvalue weighted by Gasteiger charge is -2.28. The van der Waals surface area contributed by atoms with E-state index in [-0.39, 0.29) is 19.1 Å². The van der Waals surface area contributed by atoms with Crippen molar-refractivity contribution in [3.05, 3.63) is 71.8 Å². The van der Waals surface area contributed by atoms with E-state index < -0.39 is 25.4 Å². The van der Waals surface area contributed by atoms with Gasteiger partial charge in [0.25, 0.3) is 0 Å². The number of hydrogen-bond acceptors (Lipinski definition) is 5. The van der Waals surface area contributed by atoms with Crippen LogP contribution in [0.4, 0.5) is 0 Å². The maximum Gasteiger partial charge on any atom is 0.347 e. The Bertz CT molecular complexity index is 750. The molecule has 1 unspecified atom stereocenters. The minimum atomic E-state index is -3.65. The number of aliphatic carboxylic acids is 1. The molecule has 0 fully saturated rings. The maximum absolute atomic E-state index is 13.6. The van der Waals surface area contributed by atoms with E-state index in [4.69, 9.17) is 9.05 Å². The average molecular weight is 419 g/mol. The van der Waals surface area contributed by atoms with Crippen LogP contribution in [-0.4, -0.2) is 22.9 Å². The molecule has 6 nitrogen and oxygen atoms in total. The topological polar surface area (TPSA) is 84.9 Å². The van der Waals surface area contributed by atoms with E-state index in [2.05, 4.69) is 5.32 Å². The molecule has 2 atom stereocenters. The zero-order valence-electron chi connectivity index (χ0n) is 17.2. The van der Waals surface area contributed by atoms with Gasteiger partial charge in [0.2, 0.25) is 0 Å². The summed E-state index contributed by atoms with van der Waals surface area (Å²) in [6.45, 7) is 5.76. The molecule has 0 spiro atoms. The SMILES string of the molecule is CC(C)CC(N[C@H](C)P(=O)(OCc1ccccc1)OCc1ccccc1)C(=O)O. The molecule has 29 heavy (non-hydrogen) atoms.